The van der Waals surface area contributed by atoms with Gasteiger partial charge in [0.2, 0.25) is 0 Å². The van der Waals surface area contributed by atoms with E-state index in [0.717, 1.165) is 28.4 Å². The van der Waals surface area contributed by atoms with Crippen molar-refractivity contribution < 1.29 is 17.2 Å². The predicted octanol–water partition coefficient (Wildman–Crippen LogP) is 5.39. The number of rotatable bonds is 7. The Morgan fingerprint density at radius 2 is 1.79 bits per heavy atom. The predicted molar refractivity (Wildman–Crippen MR) is 151 cm³/mol. The van der Waals surface area contributed by atoms with E-state index in [-0.39, 0.29) is 28.3 Å². The highest BCUT2D eigenvalue weighted by Crippen LogP contribution is 2.39. The minimum Gasteiger partial charge on any atom is -0.353 e. The number of hydrogen-bond acceptors (Lipinski definition) is 9. The first-order valence-corrected chi connectivity index (χ1v) is 15.2. The number of thioether (sulfide) groups is 1. The molecule has 0 bridgehead atoms. The maximum atomic E-state index is 13.6. The van der Waals surface area contributed by atoms with Crippen molar-refractivity contribution in [3.63, 3.8) is 0 Å². The van der Waals surface area contributed by atoms with Crippen LogP contribution in [0, 0.1) is 13.8 Å². The summed E-state index contributed by atoms with van der Waals surface area (Å²) in [6.07, 6.45) is -1.31. The monoisotopic (exact) mass is 570 g/mol. The first kappa shape index (κ1) is 27.3. The standard InChI is InChI=1S/C27H28F2N6O2S2/c1-14-8-17(31-15(2)30-14)10-18-11-20(24-21(32-18)12-22(34-24)25(28)29)33-19-7-6-16(9-23(19)39(5,36)37)26-35-27(3,4)13-38-26/h6-9,11,25H,10,12-13H2,1-5H3,(H,32,33). The molecule has 204 valence electrons. The number of hydrogen-bond donors (Lipinski definition) is 1. The summed E-state index contributed by atoms with van der Waals surface area (Å²) < 4.78 is 52.8. The molecule has 0 aliphatic carbocycles. The maximum Gasteiger partial charge on any atom is 0.277 e. The lowest BCUT2D eigenvalue weighted by Crippen LogP contribution is -2.15. The number of anilines is 2. The first-order valence-electron chi connectivity index (χ1n) is 12.3. The molecule has 8 nitrogen and oxygen atoms in total. The zero-order valence-corrected chi connectivity index (χ0v) is 23.8. The summed E-state index contributed by atoms with van der Waals surface area (Å²) in [4.78, 5) is 22.3. The molecule has 2 aliphatic rings. The number of pyridine rings is 1. The second-order valence-corrected chi connectivity index (χ2v) is 13.3. The van der Waals surface area contributed by atoms with Gasteiger partial charge in [0.1, 0.15) is 11.5 Å². The number of aromatic nitrogens is 3. The third-order valence-electron chi connectivity index (χ3n) is 6.22. The van der Waals surface area contributed by atoms with E-state index < -0.39 is 16.3 Å². The van der Waals surface area contributed by atoms with Gasteiger partial charge in [-0.25, -0.2) is 32.2 Å². The fraction of sp³-hybridized carbons (Fsp3) is 0.370. The van der Waals surface area contributed by atoms with Crippen LogP contribution in [-0.4, -0.2) is 58.1 Å². The summed E-state index contributed by atoms with van der Waals surface area (Å²) in [5.74, 6) is 1.43. The van der Waals surface area contributed by atoms with Gasteiger partial charge < -0.3 is 5.32 Å². The number of benzene rings is 1. The summed E-state index contributed by atoms with van der Waals surface area (Å²) >= 11 is 1.58. The van der Waals surface area contributed by atoms with Crippen LogP contribution in [0.3, 0.4) is 0 Å². The van der Waals surface area contributed by atoms with E-state index in [0.29, 0.717) is 40.6 Å². The van der Waals surface area contributed by atoms with Crippen molar-refractivity contribution in [3.8, 4) is 0 Å². The van der Waals surface area contributed by atoms with Crippen LogP contribution in [0.2, 0.25) is 0 Å². The summed E-state index contributed by atoms with van der Waals surface area (Å²) in [7, 11) is -3.66. The van der Waals surface area contributed by atoms with Gasteiger partial charge in [-0.2, -0.15) is 0 Å². The van der Waals surface area contributed by atoms with Crippen molar-refractivity contribution in [2.24, 2.45) is 9.98 Å². The van der Waals surface area contributed by atoms with Crippen molar-refractivity contribution in [3.05, 3.63) is 64.5 Å². The van der Waals surface area contributed by atoms with E-state index >= 15 is 0 Å². The maximum absolute atomic E-state index is 13.6. The third-order valence-corrected chi connectivity index (χ3v) is 8.81. The number of alkyl halides is 2. The molecule has 39 heavy (non-hydrogen) atoms. The van der Waals surface area contributed by atoms with Crippen molar-refractivity contribution >= 4 is 49.4 Å². The van der Waals surface area contributed by atoms with E-state index in [4.69, 9.17) is 4.99 Å². The Bertz CT molecular complexity index is 1630. The Morgan fingerprint density at radius 3 is 2.44 bits per heavy atom. The largest absolute Gasteiger partial charge is 0.353 e. The summed E-state index contributed by atoms with van der Waals surface area (Å²) in [5.41, 5.74) is 3.77. The molecular weight excluding hydrogens is 542 g/mol. The Labute approximate surface area is 230 Å². The van der Waals surface area contributed by atoms with Crippen LogP contribution < -0.4 is 5.32 Å². The van der Waals surface area contributed by atoms with Gasteiger partial charge in [0.05, 0.1) is 44.0 Å². The molecule has 0 atom stereocenters. The van der Waals surface area contributed by atoms with E-state index in [1.54, 1.807) is 36.9 Å². The van der Waals surface area contributed by atoms with Crippen LogP contribution in [-0.2, 0) is 22.7 Å². The van der Waals surface area contributed by atoms with E-state index in [2.05, 4.69) is 25.3 Å². The number of nitrogens with zero attached hydrogens (tertiary/aromatic N) is 5. The van der Waals surface area contributed by atoms with Gasteiger partial charge in [-0.05, 0) is 52.0 Å². The Hall–Kier alpha value is -3.25. The molecule has 2 aliphatic heterocycles. The average Bonchev–Trinajstić information content (AvgIpc) is 3.41. The van der Waals surface area contributed by atoms with Gasteiger partial charge in [0, 0.05) is 41.8 Å². The molecule has 2 aromatic heterocycles. The molecule has 0 saturated carbocycles. The highest BCUT2D eigenvalue weighted by Gasteiger charge is 2.29. The fourth-order valence-corrected chi connectivity index (χ4v) is 6.60. The van der Waals surface area contributed by atoms with Crippen molar-refractivity contribution in [2.75, 3.05) is 17.3 Å². The van der Waals surface area contributed by atoms with Gasteiger partial charge in [-0.1, -0.05) is 6.07 Å². The van der Waals surface area contributed by atoms with E-state index in [9.17, 15) is 17.2 Å². The third kappa shape index (κ3) is 6.01. The second kappa shape index (κ2) is 10.1. The molecule has 1 N–H and O–H groups in total. The zero-order chi connectivity index (χ0) is 28.1. The molecule has 3 aromatic rings. The summed E-state index contributed by atoms with van der Waals surface area (Å²) in [6, 6.07) is 8.65. The van der Waals surface area contributed by atoms with Gasteiger partial charge in [0.15, 0.2) is 9.84 Å². The topological polar surface area (TPSA) is 110 Å². The second-order valence-electron chi connectivity index (χ2n) is 10.4. The SMILES string of the molecule is Cc1cc(Cc2cc(Nc3ccc(C4=NC(C)(C)CS4)cc3S(C)(=O)=O)c3c(n2)CC(C(F)F)=N3)nc(C)n1. The van der Waals surface area contributed by atoms with Crippen LogP contribution >= 0.6 is 11.8 Å². The molecule has 0 amide bonds. The van der Waals surface area contributed by atoms with E-state index in [1.807, 2.05) is 32.9 Å². The number of halogens is 2. The lowest BCUT2D eigenvalue weighted by atomic mass is 10.1. The molecule has 0 unspecified atom stereocenters. The number of sulfone groups is 1. The van der Waals surface area contributed by atoms with Gasteiger partial charge >= 0.3 is 0 Å². The summed E-state index contributed by atoms with van der Waals surface area (Å²) in [6.45, 7) is 7.73. The Kier molecular flexibility index (Phi) is 7.04. The average molecular weight is 571 g/mol. The number of aliphatic imine (C=N–C) groups is 2. The van der Waals surface area contributed by atoms with Gasteiger partial charge in [0.25, 0.3) is 6.43 Å². The molecule has 5 rings (SSSR count). The smallest absolute Gasteiger partial charge is 0.277 e. The molecule has 4 heterocycles. The molecule has 0 spiro atoms. The molecule has 1 aromatic carbocycles. The van der Waals surface area contributed by atoms with Crippen LogP contribution in [0.15, 0.2) is 45.2 Å². The molecule has 0 saturated heterocycles. The summed E-state index contributed by atoms with van der Waals surface area (Å²) in [5, 5.41) is 3.95. The number of nitrogens with one attached hydrogen (secondary N) is 1. The van der Waals surface area contributed by atoms with Crippen molar-refractivity contribution in [1.82, 2.24) is 15.0 Å². The lowest BCUT2D eigenvalue weighted by molar-refractivity contribution is 0.224. The fourth-order valence-electron chi connectivity index (χ4n) is 4.58. The highest BCUT2D eigenvalue weighted by atomic mass is 32.2. The van der Waals surface area contributed by atoms with Gasteiger partial charge in [-0.3, -0.25) is 9.98 Å². The van der Waals surface area contributed by atoms with E-state index in [1.165, 1.54) is 0 Å². The minimum atomic E-state index is -3.66. The van der Waals surface area contributed by atoms with Crippen LogP contribution in [0.5, 0.6) is 0 Å². The Balaban J connectivity index is 1.57. The zero-order valence-electron chi connectivity index (χ0n) is 22.2. The quantitative estimate of drug-likeness (QED) is 0.406. The molecule has 12 heteroatoms. The molecule has 0 fully saturated rings. The van der Waals surface area contributed by atoms with Crippen LogP contribution in [0.25, 0.3) is 0 Å². The normalized spacial score (nSPS) is 16.3. The van der Waals surface area contributed by atoms with Crippen LogP contribution in [0.4, 0.5) is 25.8 Å². The molecule has 0 radical (unpaired) electrons. The lowest BCUT2D eigenvalue weighted by Gasteiger charge is -2.16. The van der Waals surface area contributed by atoms with Gasteiger partial charge in [-0.15, -0.1) is 11.8 Å². The van der Waals surface area contributed by atoms with Crippen molar-refractivity contribution in [1.29, 1.82) is 0 Å². The van der Waals surface area contributed by atoms with Crippen molar-refractivity contribution in [2.45, 2.75) is 57.4 Å². The molecular formula is C27H28F2N6O2S2. The van der Waals surface area contributed by atoms with Crippen LogP contribution in [0.1, 0.15) is 48.0 Å². The first-order chi connectivity index (χ1) is 18.3. The highest BCUT2D eigenvalue weighted by molar-refractivity contribution is 8.14. The number of fused-ring (bicyclic) bond motifs is 1. The number of aryl methyl sites for hydroxylation is 2. The Morgan fingerprint density at radius 1 is 1.05 bits per heavy atom. The minimum absolute atomic E-state index is 0.0813.